The third kappa shape index (κ3) is 6.35. The molecule has 148 valence electrons. The number of aryl methyl sites for hydroxylation is 2. The quantitative estimate of drug-likeness (QED) is 0.568. The Morgan fingerprint density at radius 2 is 1.96 bits per heavy atom. The van der Waals surface area contributed by atoms with Crippen LogP contribution in [0.25, 0.3) is 0 Å². The van der Waals surface area contributed by atoms with Crippen LogP contribution < -0.4 is 4.74 Å². The highest BCUT2D eigenvalue weighted by molar-refractivity contribution is 7.09. The van der Waals surface area contributed by atoms with Crippen molar-refractivity contribution in [2.75, 3.05) is 0 Å². The van der Waals surface area contributed by atoms with Gasteiger partial charge in [0.2, 0.25) is 5.91 Å². The molecule has 0 radical (unpaired) electrons. The van der Waals surface area contributed by atoms with Crippen LogP contribution in [-0.4, -0.2) is 21.8 Å². The van der Waals surface area contributed by atoms with Crippen LogP contribution in [0.4, 0.5) is 0 Å². The fourth-order valence-corrected chi connectivity index (χ4v) is 3.48. The standard InChI is InChI=1S/C22H32N2O2S/c1-7-18(6)24(22(25)10-15(2)3)12-19-14-27-21(23-19)13-26-20-9-8-16(4)17(5)11-20/h8-9,11,14-15,18H,7,10,12-13H2,1-6H3/t18-/m1/s1. The molecule has 0 N–H and O–H groups in total. The molecule has 2 rings (SSSR count). The Labute approximate surface area is 167 Å². The number of nitrogens with zero attached hydrogens (tertiary/aromatic N) is 2. The van der Waals surface area contributed by atoms with E-state index in [1.54, 1.807) is 11.3 Å². The average molecular weight is 389 g/mol. The molecule has 0 spiro atoms. The Morgan fingerprint density at radius 3 is 2.59 bits per heavy atom. The maximum absolute atomic E-state index is 12.6. The Balaban J connectivity index is 1.99. The first-order valence-corrected chi connectivity index (χ1v) is 10.6. The van der Waals surface area contributed by atoms with Crippen molar-refractivity contribution in [2.24, 2.45) is 5.92 Å². The molecule has 2 aromatic rings. The van der Waals surface area contributed by atoms with E-state index in [0.717, 1.165) is 22.9 Å². The second kappa shape index (κ2) is 9.88. The molecule has 4 nitrogen and oxygen atoms in total. The van der Waals surface area contributed by atoms with Gasteiger partial charge in [0.15, 0.2) is 0 Å². The van der Waals surface area contributed by atoms with Gasteiger partial charge in [0.25, 0.3) is 0 Å². The number of hydrogen-bond acceptors (Lipinski definition) is 4. The highest BCUT2D eigenvalue weighted by atomic mass is 32.1. The van der Waals surface area contributed by atoms with Gasteiger partial charge in [-0.15, -0.1) is 11.3 Å². The summed E-state index contributed by atoms with van der Waals surface area (Å²) in [6.45, 7) is 13.6. The molecular weight excluding hydrogens is 356 g/mol. The molecule has 1 aromatic carbocycles. The number of amides is 1. The predicted octanol–water partition coefficient (Wildman–Crippen LogP) is 5.51. The summed E-state index contributed by atoms with van der Waals surface area (Å²) in [5, 5.41) is 2.97. The Bertz CT molecular complexity index is 755. The first-order valence-electron chi connectivity index (χ1n) is 9.73. The molecular formula is C22H32N2O2S. The van der Waals surface area contributed by atoms with E-state index in [1.165, 1.54) is 11.1 Å². The maximum Gasteiger partial charge on any atom is 0.223 e. The average Bonchev–Trinajstić information content (AvgIpc) is 3.07. The molecule has 0 aliphatic rings. The van der Waals surface area contributed by atoms with Crippen molar-refractivity contribution < 1.29 is 9.53 Å². The highest BCUT2D eigenvalue weighted by Gasteiger charge is 2.21. The van der Waals surface area contributed by atoms with Crippen LogP contribution in [0.5, 0.6) is 5.75 Å². The van der Waals surface area contributed by atoms with Crippen molar-refractivity contribution in [3.8, 4) is 5.75 Å². The normalized spacial score (nSPS) is 12.3. The summed E-state index contributed by atoms with van der Waals surface area (Å²) in [7, 11) is 0. The van der Waals surface area contributed by atoms with Crippen molar-refractivity contribution in [1.82, 2.24) is 9.88 Å². The lowest BCUT2D eigenvalue weighted by atomic mass is 10.1. The number of rotatable bonds is 9. The van der Waals surface area contributed by atoms with Gasteiger partial charge >= 0.3 is 0 Å². The molecule has 0 saturated heterocycles. The molecule has 1 atom stereocenters. The Kier molecular flexibility index (Phi) is 7.84. The van der Waals surface area contributed by atoms with Crippen molar-refractivity contribution in [3.05, 3.63) is 45.4 Å². The minimum Gasteiger partial charge on any atom is -0.486 e. The van der Waals surface area contributed by atoms with E-state index in [9.17, 15) is 4.79 Å². The van der Waals surface area contributed by atoms with Gasteiger partial charge in [-0.25, -0.2) is 4.98 Å². The summed E-state index contributed by atoms with van der Waals surface area (Å²) in [6.07, 6.45) is 1.52. The van der Waals surface area contributed by atoms with Crippen LogP contribution in [0.15, 0.2) is 23.6 Å². The van der Waals surface area contributed by atoms with Gasteiger partial charge in [-0.05, 0) is 56.4 Å². The van der Waals surface area contributed by atoms with E-state index in [-0.39, 0.29) is 11.9 Å². The molecule has 0 bridgehead atoms. The molecule has 1 amide bonds. The van der Waals surface area contributed by atoms with E-state index in [0.29, 0.717) is 25.5 Å². The zero-order valence-corrected chi connectivity index (χ0v) is 18.2. The lowest BCUT2D eigenvalue weighted by Crippen LogP contribution is -2.38. The predicted molar refractivity (Wildman–Crippen MR) is 112 cm³/mol. The summed E-state index contributed by atoms with van der Waals surface area (Å²) < 4.78 is 5.88. The number of hydrogen-bond donors (Lipinski definition) is 0. The second-order valence-corrected chi connectivity index (χ2v) is 8.59. The van der Waals surface area contributed by atoms with E-state index >= 15 is 0 Å². The smallest absolute Gasteiger partial charge is 0.223 e. The van der Waals surface area contributed by atoms with Crippen LogP contribution in [0.2, 0.25) is 0 Å². The minimum atomic E-state index is 0.209. The molecule has 0 aliphatic heterocycles. The van der Waals surface area contributed by atoms with Crippen LogP contribution in [0.3, 0.4) is 0 Å². The number of thiazole rings is 1. The number of benzene rings is 1. The fourth-order valence-electron chi connectivity index (χ4n) is 2.79. The van der Waals surface area contributed by atoms with Gasteiger partial charge in [0.05, 0.1) is 12.2 Å². The minimum absolute atomic E-state index is 0.209. The van der Waals surface area contributed by atoms with Crippen LogP contribution in [0, 0.1) is 19.8 Å². The molecule has 1 heterocycles. The van der Waals surface area contributed by atoms with Crippen molar-refractivity contribution >= 4 is 17.2 Å². The van der Waals surface area contributed by atoms with Gasteiger partial charge in [0, 0.05) is 17.8 Å². The van der Waals surface area contributed by atoms with Gasteiger partial charge in [-0.2, -0.15) is 0 Å². The van der Waals surface area contributed by atoms with Crippen molar-refractivity contribution in [3.63, 3.8) is 0 Å². The SMILES string of the molecule is CC[C@@H](C)N(Cc1csc(COc2ccc(C)c(C)c2)n1)C(=O)CC(C)C. The van der Waals surface area contributed by atoms with E-state index in [2.05, 4.69) is 58.7 Å². The summed E-state index contributed by atoms with van der Waals surface area (Å²) in [5.41, 5.74) is 3.42. The number of ether oxygens (including phenoxy) is 1. The molecule has 0 fully saturated rings. The first-order chi connectivity index (χ1) is 12.8. The molecule has 0 aliphatic carbocycles. The topological polar surface area (TPSA) is 42.4 Å². The van der Waals surface area contributed by atoms with Crippen LogP contribution in [-0.2, 0) is 17.9 Å². The van der Waals surface area contributed by atoms with Crippen molar-refractivity contribution in [2.45, 2.75) is 73.6 Å². The lowest BCUT2D eigenvalue weighted by Gasteiger charge is -2.28. The highest BCUT2D eigenvalue weighted by Crippen LogP contribution is 2.20. The summed E-state index contributed by atoms with van der Waals surface area (Å²) in [6, 6.07) is 6.33. The Hall–Kier alpha value is -1.88. The van der Waals surface area contributed by atoms with Gasteiger partial charge in [0.1, 0.15) is 17.4 Å². The first kappa shape index (κ1) is 21.4. The zero-order valence-electron chi connectivity index (χ0n) is 17.4. The molecule has 5 heteroatoms. The second-order valence-electron chi connectivity index (χ2n) is 7.64. The van der Waals surface area contributed by atoms with E-state index < -0.39 is 0 Å². The van der Waals surface area contributed by atoms with E-state index in [1.807, 2.05) is 16.3 Å². The zero-order chi connectivity index (χ0) is 20.0. The van der Waals surface area contributed by atoms with Gasteiger partial charge < -0.3 is 9.64 Å². The van der Waals surface area contributed by atoms with Crippen LogP contribution in [0.1, 0.15) is 62.4 Å². The molecule has 0 saturated carbocycles. The van der Waals surface area contributed by atoms with Gasteiger partial charge in [-0.3, -0.25) is 4.79 Å². The van der Waals surface area contributed by atoms with Crippen LogP contribution >= 0.6 is 11.3 Å². The summed E-state index contributed by atoms with van der Waals surface area (Å²) in [4.78, 5) is 19.3. The molecule has 27 heavy (non-hydrogen) atoms. The third-order valence-electron chi connectivity index (χ3n) is 4.80. The number of carbonyl (C=O) groups is 1. The maximum atomic E-state index is 12.6. The number of carbonyl (C=O) groups excluding carboxylic acids is 1. The fraction of sp³-hybridized carbons (Fsp3) is 0.545. The summed E-state index contributed by atoms with van der Waals surface area (Å²) in [5.74, 6) is 1.44. The monoisotopic (exact) mass is 388 g/mol. The number of aromatic nitrogens is 1. The lowest BCUT2D eigenvalue weighted by molar-refractivity contribution is -0.134. The van der Waals surface area contributed by atoms with Crippen molar-refractivity contribution in [1.29, 1.82) is 0 Å². The van der Waals surface area contributed by atoms with E-state index in [4.69, 9.17) is 4.74 Å². The molecule has 0 unspecified atom stereocenters. The largest absolute Gasteiger partial charge is 0.486 e. The Morgan fingerprint density at radius 1 is 1.22 bits per heavy atom. The summed E-state index contributed by atoms with van der Waals surface area (Å²) >= 11 is 1.59. The van der Waals surface area contributed by atoms with Gasteiger partial charge in [-0.1, -0.05) is 26.8 Å². The molecule has 1 aromatic heterocycles. The third-order valence-corrected chi connectivity index (χ3v) is 5.67.